The fourth-order valence-corrected chi connectivity index (χ4v) is 5.97. The molecule has 1 aliphatic heterocycles. The zero-order valence-corrected chi connectivity index (χ0v) is 21.6. The summed E-state index contributed by atoms with van der Waals surface area (Å²) in [7, 11) is 0. The quantitative estimate of drug-likeness (QED) is 0.234. The lowest BCUT2D eigenvalue weighted by Gasteiger charge is -2.14. The summed E-state index contributed by atoms with van der Waals surface area (Å²) in [5.74, 6) is 0.665. The van der Waals surface area contributed by atoms with Crippen molar-refractivity contribution in [2.45, 2.75) is 44.5 Å². The number of nitrogens with zero attached hydrogens (tertiary/aromatic N) is 5. The molecular weight excluding hydrogens is 486 g/mol. The molecule has 0 unspecified atom stereocenters. The summed E-state index contributed by atoms with van der Waals surface area (Å²) < 4.78 is 11.4. The zero-order valence-electron chi connectivity index (χ0n) is 20.8. The monoisotopic (exact) mass is 513 g/mol. The molecule has 9 heteroatoms. The van der Waals surface area contributed by atoms with Crippen LogP contribution < -0.4 is 5.56 Å². The van der Waals surface area contributed by atoms with E-state index in [-0.39, 0.29) is 23.2 Å². The van der Waals surface area contributed by atoms with E-state index in [0.717, 1.165) is 42.9 Å². The van der Waals surface area contributed by atoms with Gasteiger partial charge in [0.05, 0.1) is 28.4 Å². The molecule has 3 aromatic heterocycles. The van der Waals surface area contributed by atoms with Crippen LogP contribution in [0.25, 0.3) is 22.4 Å². The van der Waals surface area contributed by atoms with Crippen LogP contribution in [-0.4, -0.2) is 48.0 Å². The normalized spacial score (nSPS) is 15.7. The summed E-state index contributed by atoms with van der Waals surface area (Å²) >= 11 is 1.33. The molecule has 0 radical (unpaired) electrons. The van der Waals surface area contributed by atoms with Crippen molar-refractivity contribution in [3.05, 3.63) is 88.0 Å². The lowest BCUT2D eigenvalue weighted by Crippen LogP contribution is -2.21. The van der Waals surface area contributed by atoms with Crippen molar-refractivity contribution in [3.8, 4) is 5.69 Å². The van der Waals surface area contributed by atoms with Crippen LogP contribution in [-0.2, 0) is 11.3 Å². The summed E-state index contributed by atoms with van der Waals surface area (Å²) in [4.78, 5) is 26.7. The molecule has 1 aliphatic rings. The molecule has 2 aromatic carbocycles. The van der Waals surface area contributed by atoms with E-state index in [1.165, 1.54) is 11.8 Å². The van der Waals surface area contributed by atoms with Crippen LogP contribution >= 0.6 is 11.8 Å². The number of fused-ring (bicyclic) bond motifs is 3. The van der Waals surface area contributed by atoms with Gasteiger partial charge in [0, 0.05) is 30.1 Å². The smallest absolute Gasteiger partial charge is 0.267 e. The number of Topliss-reactive ketones (excluding diaryl/α,β-unsaturated/α-hetero) is 1. The number of para-hydroxylation sites is 2. The molecule has 5 aromatic rings. The van der Waals surface area contributed by atoms with E-state index in [0.29, 0.717) is 27.5 Å². The van der Waals surface area contributed by atoms with Gasteiger partial charge in [-0.2, -0.15) is 0 Å². The lowest BCUT2D eigenvalue weighted by atomic mass is 10.2. The van der Waals surface area contributed by atoms with Gasteiger partial charge < -0.3 is 9.30 Å². The number of carbonyl (C=O) groups is 1. The molecule has 0 bridgehead atoms. The van der Waals surface area contributed by atoms with Crippen molar-refractivity contribution in [1.29, 1.82) is 0 Å². The SMILES string of the molecule is Cc1cc(C(=O)CSc2nnc3n(-c4ccccc4)c(=O)c4ccccc4n23)c(C)n1C[C@@H]1CCCO1. The molecule has 6 rings (SSSR count). The molecule has 0 spiro atoms. The van der Waals surface area contributed by atoms with Gasteiger partial charge in [-0.15, -0.1) is 10.2 Å². The number of ketones is 1. The molecule has 0 aliphatic carbocycles. The first-order valence-corrected chi connectivity index (χ1v) is 13.4. The Kier molecular flexibility index (Phi) is 6.18. The first-order valence-electron chi connectivity index (χ1n) is 12.4. The molecule has 8 nitrogen and oxygen atoms in total. The number of aromatic nitrogens is 5. The molecule has 1 atom stereocenters. The molecule has 37 heavy (non-hydrogen) atoms. The third-order valence-electron chi connectivity index (χ3n) is 7.03. The van der Waals surface area contributed by atoms with Gasteiger partial charge in [-0.25, -0.2) is 4.57 Å². The van der Waals surface area contributed by atoms with Crippen molar-refractivity contribution >= 4 is 34.2 Å². The van der Waals surface area contributed by atoms with Crippen molar-refractivity contribution < 1.29 is 9.53 Å². The highest BCUT2D eigenvalue weighted by Crippen LogP contribution is 2.26. The molecule has 1 saturated heterocycles. The van der Waals surface area contributed by atoms with Crippen molar-refractivity contribution in [2.75, 3.05) is 12.4 Å². The average molecular weight is 514 g/mol. The number of ether oxygens (including phenoxy) is 1. The molecule has 188 valence electrons. The number of hydrogen-bond donors (Lipinski definition) is 0. The Labute approximate surface area is 217 Å². The number of benzene rings is 2. The van der Waals surface area contributed by atoms with E-state index >= 15 is 0 Å². The Morgan fingerprint density at radius 1 is 1.08 bits per heavy atom. The van der Waals surface area contributed by atoms with E-state index in [9.17, 15) is 9.59 Å². The summed E-state index contributed by atoms with van der Waals surface area (Å²) in [6, 6.07) is 18.8. The Morgan fingerprint density at radius 2 is 1.86 bits per heavy atom. The first kappa shape index (κ1) is 23.7. The Balaban J connectivity index is 1.34. The Bertz CT molecular complexity index is 1680. The number of aryl methyl sites for hydroxylation is 1. The predicted octanol–water partition coefficient (Wildman–Crippen LogP) is 4.61. The van der Waals surface area contributed by atoms with E-state index < -0.39 is 0 Å². The van der Waals surface area contributed by atoms with E-state index in [2.05, 4.69) is 14.8 Å². The van der Waals surface area contributed by atoms with Crippen LogP contribution in [0, 0.1) is 13.8 Å². The summed E-state index contributed by atoms with van der Waals surface area (Å²) in [5, 5.41) is 9.90. The Morgan fingerprint density at radius 3 is 2.65 bits per heavy atom. The van der Waals surface area contributed by atoms with Gasteiger partial charge in [-0.05, 0) is 57.0 Å². The van der Waals surface area contributed by atoms with Gasteiger partial charge in [-0.1, -0.05) is 42.1 Å². The second-order valence-electron chi connectivity index (χ2n) is 9.35. The highest BCUT2D eigenvalue weighted by Gasteiger charge is 2.23. The van der Waals surface area contributed by atoms with Gasteiger partial charge in [0.15, 0.2) is 10.9 Å². The molecular formula is C28H27N5O3S. The highest BCUT2D eigenvalue weighted by molar-refractivity contribution is 7.99. The molecule has 0 amide bonds. The predicted molar refractivity (Wildman–Crippen MR) is 144 cm³/mol. The second-order valence-corrected chi connectivity index (χ2v) is 10.3. The topological polar surface area (TPSA) is 83.4 Å². The van der Waals surface area contributed by atoms with Crippen LogP contribution in [0.15, 0.2) is 70.6 Å². The van der Waals surface area contributed by atoms with Gasteiger partial charge >= 0.3 is 0 Å². The molecule has 0 saturated carbocycles. The van der Waals surface area contributed by atoms with Gasteiger partial charge in [0.2, 0.25) is 5.78 Å². The van der Waals surface area contributed by atoms with Crippen molar-refractivity contribution in [2.24, 2.45) is 0 Å². The fourth-order valence-electron chi connectivity index (χ4n) is 5.15. The van der Waals surface area contributed by atoms with E-state index in [1.807, 2.05) is 72.8 Å². The maximum atomic E-state index is 13.4. The van der Waals surface area contributed by atoms with Crippen LogP contribution in [0.3, 0.4) is 0 Å². The van der Waals surface area contributed by atoms with Crippen LogP contribution in [0.1, 0.15) is 34.6 Å². The second kappa shape index (κ2) is 9.64. The van der Waals surface area contributed by atoms with Crippen LogP contribution in [0.2, 0.25) is 0 Å². The van der Waals surface area contributed by atoms with Gasteiger partial charge in [0.1, 0.15) is 0 Å². The minimum atomic E-state index is -0.159. The standard InChI is InChI=1S/C28H27N5O3S/c1-18-15-23(19(2)31(18)16-21-11-8-14-36-21)25(34)17-37-28-30-29-27-32(20-9-4-3-5-10-20)26(35)22-12-6-7-13-24(22)33(27)28/h3-7,9-10,12-13,15,21H,8,11,14,16-17H2,1-2H3/t21-/m0/s1. The lowest BCUT2D eigenvalue weighted by molar-refractivity contribution is 0.0957. The van der Waals surface area contributed by atoms with E-state index in [1.54, 1.807) is 10.6 Å². The minimum Gasteiger partial charge on any atom is -0.376 e. The number of rotatable bonds is 7. The van der Waals surface area contributed by atoms with Crippen molar-refractivity contribution in [3.63, 3.8) is 0 Å². The maximum absolute atomic E-state index is 13.4. The van der Waals surface area contributed by atoms with Gasteiger partial charge in [-0.3, -0.25) is 14.0 Å². The van der Waals surface area contributed by atoms with Crippen LogP contribution in [0.5, 0.6) is 0 Å². The third-order valence-corrected chi connectivity index (χ3v) is 7.95. The summed E-state index contributed by atoms with van der Waals surface area (Å²) in [6.07, 6.45) is 2.35. The number of hydrogen-bond acceptors (Lipinski definition) is 6. The molecule has 4 heterocycles. The van der Waals surface area contributed by atoms with Crippen LogP contribution in [0.4, 0.5) is 0 Å². The zero-order chi connectivity index (χ0) is 25.5. The summed E-state index contributed by atoms with van der Waals surface area (Å²) in [5.41, 5.74) is 4.02. The number of thioether (sulfide) groups is 1. The average Bonchev–Trinajstić information content (AvgIpc) is 3.65. The van der Waals surface area contributed by atoms with Crippen molar-refractivity contribution in [1.82, 2.24) is 23.7 Å². The number of carbonyl (C=O) groups excluding carboxylic acids is 1. The highest BCUT2D eigenvalue weighted by atomic mass is 32.2. The maximum Gasteiger partial charge on any atom is 0.267 e. The van der Waals surface area contributed by atoms with E-state index in [4.69, 9.17) is 4.74 Å². The first-order chi connectivity index (χ1) is 18.0. The Hall–Kier alpha value is -3.69. The largest absolute Gasteiger partial charge is 0.376 e. The van der Waals surface area contributed by atoms with Gasteiger partial charge in [0.25, 0.3) is 5.56 Å². The summed E-state index contributed by atoms with van der Waals surface area (Å²) in [6.45, 7) is 5.62. The third kappa shape index (κ3) is 4.18. The molecule has 1 fully saturated rings. The fraction of sp³-hybridized carbons (Fsp3) is 0.286. The molecule has 0 N–H and O–H groups in total. The minimum absolute atomic E-state index is 0.0362.